The number of aromatic nitrogens is 1. The van der Waals surface area contributed by atoms with Crippen LogP contribution in [0.25, 0.3) is 0 Å². The normalized spacial score (nSPS) is 13.2. The van der Waals surface area contributed by atoms with E-state index in [4.69, 9.17) is 11.6 Å². The fourth-order valence-electron chi connectivity index (χ4n) is 2.82. The number of halogens is 4. The van der Waals surface area contributed by atoms with Crippen molar-refractivity contribution in [3.05, 3.63) is 46.6 Å². The van der Waals surface area contributed by atoms with Crippen LogP contribution in [-0.2, 0) is 11.2 Å². The van der Waals surface area contributed by atoms with Gasteiger partial charge in [0, 0.05) is 31.0 Å². The fourth-order valence-corrected chi connectivity index (χ4v) is 3.04. The molecule has 2 amide bonds. The summed E-state index contributed by atoms with van der Waals surface area (Å²) in [5.41, 5.74) is 2.32. The third-order valence-electron chi connectivity index (χ3n) is 4.06. The summed E-state index contributed by atoms with van der Waals surface area (Å²) < 4.78 is 41.1. The highest BCUT2D eigenvalue weighted by Crippen LogP contribution is 2.31. The minimum absolute atomic E-state index is 0.0518. The second-order valence-corrected chi connectivity index (χ2v) is 6.54. The van der Waals surface area contributed by atoms with Crippen molar-refractivity contribution in [2.75, 3.05) is 23.4 Å². The Morgan fingerprint density at radius 1 is 1.32 bits per heavy atom. The number of ether oxygens (including phenoxy) is 1. The van der Waals surface area contributed by atoms with Crippen molar-refractivity contribution in [2.45, 2.75) is 19.5 Å². The Morgan fingerprint density at radius 3 is 2.71 bits per heavy atom. The number of fused-ring (bicyclic) bond motifs is 1. The van der Waals surface area contributed by atoms with Crippen LogP contribution in [0, 0.1) is 0 Å². The van der Waals surface area contributed by atoms with Crippen molar-refractivity contribution >= 4 is 34.8 Å². The Bertz CT molecular complexity index is 934. The highest BCUT2D eigenvalue weighted by atomic mass is 35.5. The molecule has 0 saturated carbocycles. The standard InChI is InChI=1S/C18H15ClF3N3O3/c1-10(26)25-5-4-11-6-13(2-3-15(11)25)24-16(27)12-7-14(19)17(23-8-12)28-9-18(20,21)22/h2-3,6-8H,4-5,9H2,1H3,(H,24,27). The number of alkyl halides is 3. The van der Waals surface area contributed by atoms with Gasteiger partial charge >= 0.3 is 6.18 Å². The third kappa shape index (κ3) is 4.53. The second-order valence-electron chi connectivity index (χ2n) is 6.13. The number of amides is 2. The number of nitrogens with one attached hydrogen (secondary N) is 1. The molecule has 1 aromatic heterocycles. The largest absolute Gasteiger partial charge is 0.467 e. The second kappa shape index (κ2) is 7.67. The van der Waals surface area contributed by atoms with Gasteiger partial charge in [0.1, 0.15) is 5.02 Å². The summed E-state index contributed by atoms with van der Waals surface area (Å²) in [6, 6.07) is 6.36. The zero-order valence-corrected chi connectivity index (χ0v) is 15.4. The predicted molar refractivity (Wildman–Crippen MR) is 96.9 cm³/mol. The van der Waals surface area contributed by atoms with Crippen LogP contribution in [0.2, 0.25) is 5.02 Å². The lowest BCUT2D eigenvalue weighted by atomic mass is 10.1. The molecule has 2 heterocycles. The number of pyridine rings is 1. The molecule has 148 valence electrons. The smallest absolute Gasteiger partial charge is 0.422 e. The summed E-state index contributed by atoms with van der Waals surface area (Å²) in [5, 5.41) is 2.47. The maximum Gasteiger partial charge on any atom is 0.422 e. The Kier molecular flexibility index (Phi) is 5.46. The molecule has 0 radical (unpaired) electrons. The first-order chi connectivity index (χ1) is 13.1. The Balaban J connectivity index is 1.70. The molecule has 2 aromatic rings. The van der Waals surface area contributed by atoms with Crippen LogP contribution in [0.15, 0.2) is 30.5 Å². The van der Waals surface area contributed by atoms with E-state index in [1.54, 1.807) is 23.1 Å². The molecule has 0 fully saturated rings. The van der Waals surface area contributed by atoms with E-state index >= 15 is 0 Å². The van der Waals surface area contributed by atoms with Crippen molar-refractivity contribution in [2.24, 2.45) is 0 Å². The molecule has 0 aliphatic carbocycles. The van der Waals surface area contributed by atoms with E-state index in [-0.39, 0.29) is 16.5 Å². The maximum absolute atomic E-state index is 12.4. The van der Waals surface area contributed by atoms with Gasteiger partial charge in [0.15, 0.2) is 6.61 Å². The summed E-state index contributed by atoms with van der Waals surface area (Å²) >= 11 is 5.86. The van der Waals surface area contributed by atoms with E-state index in [0.29, 0.717) is 18.7 Å². The van der Waals surface area contributed by atoms with Crippen molar-refractivity contribution in [1.82, 2.24) is 4.98 Å². The van der Waals surface area contributed by atoms with Crippen molar-refractivity contribution in [3.63, 3.8) is 0 Å². The SMILES string of the molecule is CC(=O)N1CCc2cc(NC(=O)c3cnc(OCC(F)(F)F)c(Cl)c3)ccc21. The summed E-state index contributed by atoms with van der Waals surface area (Å²) in [4.78, 5) is 29.3. The number of hydrogen-bond donors (Lipinski definition) is 1. The molecule has 1 aliphatic heterocycles. The molecular weight excluding hydrogens is 399 g/mol. The predicted octanol–water partition coefficient (Wildman–Crippen LogP) is 3.84. The van der Waals surface area contributed by atoms with Crippen molar-refractivity contribution in [1.29, 1.82) is 0 Å². The monoisotopic (exact) mass is 413 g/mol. The van der Waals surface area contributed by atoms with Crippen LogP contribution < -0.4 is 15.0 Å². The Hall–Kier alpha value is -2.81. The average Bonchev–Trinajstić information content (AvgIpc) is 3.03. The number of rotatable bonds is 4. The molecule has 10 heteroatoms. The summed E-state index contributed by atoms with van der Waals surface area (Å²) in [5.74, 6) is -0.986. The van der Waals surface area contributed by atoms with Gasteiger partial charge in [-0.05, 0) is 36.2 Å². The van der Waals surface area contributed by atoms with E-state index in [2.05, 4.69) is 15.0 Å². The van der Waals surface area contributed by atoms with Gasteiger partial charge in [0.25, 0.3) is 5.91 Å². The zero-order valence-electron chi connectivity index (χ0n) is 14.6. The first-order valence-corrected chi connectivity index (χ1v) is 8.59. The molecule has 3 rings (SSSR count). The van der Waals surface area contributed by atoms with Crippen LogP contribution in [0.3, 0.4) is 0 Å². The van der Waals surface area contributed by atoms with E-state index in [1.165, 1.54) is 13.0 Å². The highest BCUT2D eigenvalue weighted by Gasteiger charge is 2.29. The summed E-state index contributed by atoms with van der Waals surface area (Å²) in [6.45, 7) is 0.544. The molecule has 28 heavy (non-hydrogen) atoms. The van der Waals surface area contributed by atoms with Gasteiger partial charge in [-0.15, -0.1) is 0 Å². The molecular formula is C18H15ClF3N3O3. The van der Waals surface area contributed by atoms with E-state index in [1.807, 2.05) is 0 Å². The van der Waals surface area contributed by atoms with Crippen LogP contribution >= 0.6 is 11.6 Å². The van der Waals surface area contributed by atoms with E-state index in [9.17, 15) is 22.8 Å². The quantitative estimate of drug-likeness (QED) is 0.826. The van der Waals surface area contributed by atoms with Gasteiger partial charge in [-0.3, -0.25) is 9.59 Å². The maximum atomic E-state index is 12.4. The molecule has 1 N–H and O–H groups in total. The fraction of sp³-hybridized carbons (Fsp3) is 0.278. The summed E-state index contributed by atoms with van der Waals surface area (Å²) in [7, 11) is 0. The van der Waals surface area contributed by atoms with E-state index in [0.717, 1.165) is 17.4 Å². The van der Waals surface area contributed by atoms with Gasteiger partial charge in [-0.1, -0.05) is 11.6 Å². The van der Waals surface area contributed by atoms with Crippen LogP contribution in [0.1, 0.15) is 22.8 Å². The zero-order chi connectivity index (χ0) is 20.5. The van der Waals surface area contributed by atoms with Gasteiger partial charge in [0.05, 0.1) is 5.56 Å². The Morgan fingerprint density at radius 2 is 2.07 bits per heavy atom. The van der Waals surface area contributed by atoms with Crippen LogP contribution in [0.4, 0.5) is 24.5 Å². The number of carbonyl (C=O) groups excluding carboxylic acids is 2. The summed E-state index contributed by atoms with van der Waals surface area (Å²) in [6.07, 6.45) is -2.76. The molecule has 0 atom stereocenters. The van der Waals surface area contributed by atoms with Crippen molar-refractivity contribution < 1.29 is 27.5 Å². The lowest BCUT2D eigenvalue weighted by Gasteiger charge is -2.15. The highest BCUT2D eigenvalue weighted by molar-refractivity contribution is 6.32. The molecule has 0 spiro atoms. The molecule has 6 nitrogen and oxygen atoms in total. The van der Waals surface area contributed by atoms with Crippen LogP contribution in [0.5, 0.6) is 5.88 Å². The minimum atomic E-state index is -4.52. The lowest BCUT2D eigenvalue weighted by molar-refractivity contribution is -0.154. The molecule has 1 aromatic carbocycles. The van der Waals surface area contributed by atoms with E-state index < -0.39 is 24.6 Å². The first kappa shape index (κ1) is 19.9. The molecule has 0 saturated heterocycles. The minimum Gasteiger partial charge on any atom is -0.467 e. The van der Waals surface area contributed by atoms with Crippen molar-refractivity contribution in [3.8, 4) is 5.88 Å². The number of carbonyl (C=O) groups is 2. The first-order valence-electron chi connectivity index (χ1n) is 8.21. The molecule has 0 unspecified atom stereocenters. The molecule has 1 aliphatic rings. The number of hydrogen-bond acceptors (Lipinski definition) is 4. The molecule has 0 bridgehead atoms. The van der Waals surface area contributed by atoms with Gasteiger partial charge in [-0.2, -0.15) is 13.2 Å². The topological polar surface area (TPSA) is 71.5 Å². The van der Waals surface area contributed by atoms with Gasteiger partial charge in [0.2, 0.25) is 11.8 Å². The number of benzene rings is 1. The number of anilines is 2. The van der Waals surface area contributed by atoms with Gasteiger partial charge in [-0.25, -0.2) is 4.98 Å². The lowest BCUT2D eigenvalue weighted by Crippen LogP contribution is -2.25. The number of nitrogens with zero attached hydrogens (tertiary/aromatic N) is 2. The van der Waals surface area contributed by atoms with Gasteiger partial charge < -0.3 is 15.0 Å². The average molecular weight is 414 g/mol. The van der Waals surface area contributed by atoms with Crippen LogP contribution in [-0.4, -0.2) is 36.1 Å². The third-order valence-corrected chi connectivity index (χ3v) is 4.33. The Labute approximate surface area is 163 Å².